The second-order valence-corrected chi connectivity index (χ2v) is 2.75. The van der Waals surface area contributed by atoms with Crippen molar-refractivity contribution in [2.75, 3.05) is 14.2 Å². The maximum Gasteiger partial charge on any atom is 0.322 e. The molecule has 2 N–H and O–H groups in total. The van der Waals surface area contributed by atoms with Crippen LogP contribution < -0.4 is 5.73 Å². The second kappa shape index (κ2) is 5.97. The molecule has 4 nitrogen and oxygen atoms in total. The monoisotopic (exact) mass is 175 g/mol. The van der Waals surface area contributed by atoms with Crippen LogP contribution in [0.25, 0.3) is 0 Å². The van der Waals surface area contributed by atoms with E-state index >= 15 is 0 Å². The molecule has 0 aromatic heterocycles. The maximum absolute atomic E-state index is 10.8. The molecule has 0 aliphatic carbocycles. The van der Waals surface area contributed by atoms with Gasteiger partial charge in [0, 0.05) is 7.11 Å². The summed E-state index contributed by atoms with van der Waals surface area (Å²) in [5, 5.41) is 0. The van der Waals surface area contributed by atoms with E-state index in [9.17, 15) is 4.79 Å². The molecular weight excluding hydrogens is 158 g/mol. The summed E-state index contributed by atoms with van der Waals surface area (Å²) in [6, 6.07) is -0.521. The van der Waals surface area contributed by atoms with Crippen molar-refractivity contribution in [1.82, 2.24) is 0 Å². The summed E-state index contributed by atoms with van der Waals surface area (Å²) in [4.78, 5) is 10.8. The number of nitrogens with two attached hydrogens (primary N) is 1. The third-order valence-electron chi connectivity index (χ3n) is 1.79. The summed E-state index contributed by atoms with van der Waals surface area (Å²) in [7, 11) is 2.97. The normalized spacial score (nSPS) is 15.3. The molecule has 12 heavy (non-hydrogen) atoms. The summed E-state index contributed by atoms with van der Waals surface area (Å²) >= 11 is 0. The molecule has 0 radical (unpaired) electrons. The number of carbonyl (C=O) groups excluding carboxylic acids is 1. The van der Waals surface area contributed by atoms with Gasteiger partial charge in [-0.15, -0.1) is 0 Å². The fraction of sp³-hybridized carbons (Fsp3) is 0.875. The zero-order valence-electron chi connectivity index (χ0n) is 7.87. The minimum absolute atomic E-state index is 0.140. The summed E-state index contributed by atoms with van der Waals surface area (Å²) < 4.78 is 9.48. The van der Waals surface area contributed by atoms with E-state index in [0.29, 0.717) is 6.42 Å². The fourth-order valence-corrected chi connectivity index (χ4v) is 0.801. The minimum Gasteiger partial charge on any atom is -0.468 e. The van der Waals surface area contributed by atoms with E-state index in [1.807, 2.05) is 6.92 Å². The lowest BCUT2D eigenvalue weighted by Gasteiger charge is -2.12. The lowest BCUT2D eigenvalue weighted by Crippen LogP contribution is -2.32. The Bertz CT molecular complexity index is 138. The molecule has 0 bridgehead atoms. The Hall–Kier alpha value is -0.610. The molecule has 2 atom stereocenters. The number of hydrogen-bond donors (Lipinski definition) is 1. The first-order valence-electron chi connectivity index (χ1n) is 3.98. The number of esters is 1. The average molecular weight is 175 g/mol. The predicted molar refractivity (Wildman–Crippen MR) is 45.7 cm³/mol. The molecule has 0 aliphatic rings. The molecule has 0 aliphatic heterocycles. The molecule has 0 saturated heterocycles. The van der Waals surface area contributed by atoms with Gasteiger partial charge in [0.25, 0.3) is 0 Å². The van der Waals surface area contributed by atoms with Crippen molar-refractivity contribution < 1.29 is 14.3 Å². The largest absolute Gasteiger partial charge is 0.468 e. The molecule has 0 heterocycles. The molecule has 0 saturated carbocycles. The van der Waals surface area contributed by atoms with Gasteiger partial charge in [0.15, 0.2) is 0 Å². The standard InChI is InChI=1S/C8H17NO3/c1-6(11-2)4-5-7(9)8(10)12-3/h6-7H,4-5,9H2,1-3H3. The summed E-state index contributed by atoms with van der Waals surface area (Å²) in [6.45, 7) is 1.93. The highest BCUT2D eigenvalue weighted by Gasteiger charge is 2.14. The van der Waals surface area contributed by atoms with Gasteiger partial charge < -0.3 is 15.2 Å². The average Bonchev–Trinajstić information content (AvgIpc) is 2.11. The van der Waals surface area contributed by atoms with Crippen LogP contribution in [-0.4, -0.2) is 32.3 Å². The Kier molecular flexibility index (Phi) is 5.66. The van der Waals surface area contributed by atoms with Gasteiger partial charge in [-0.25, -0.2) is 0 Å². The Labute approximate surface area is 73.0 Å². The molecule has 0 rings (SSSR count). The van der Waals surface area contributed by atoms with Crippen LogP contribution in [0.2, 0.25) is 0 Å². The van der Waals surface area contributed by atoms with Crippen molar-refractivity contribution in [3.63, 3.8) is 0 Å². The summed E-state index contributed by atoms with van der Waals surface area (Å²) in [5.41, 5.74) is 5.50. The third kappa shape index (κ3) is 4.31. The van der Waals surface area contributed by atoms with Crippen molar-refractivity contribution in [2.45, 2.75) is 31.9 Å². The van der Waals surface area contributed by atoms with Crippen LogP contribution in [0.4, 0.5) is 0 Å². The highest BCUT2D eigenvalue weighted by atomic mass is 16.5. The zero-order chi connectivity index (χ0) is 9.56. The van der Waals surface area contributed by atoms with Crippen molar-refractivity contribution in [3.8, 4) is 0 Å². The first kappa shape index (κ1) is 11.4. The molecule has 2 unspecified atom stereocenters. The maximum atomic E-state index is 10.8. The SMILES string of the molecule is COC(=O)C(N)CCC(C)OC. The van der Waals surface area contributed by atoms with Gasteiger partial charge in [0.1, 0.15) is 6.04 Å². The molecule has 0 aromatic rings. The van der Waals surface area contributed by atoms with Crippen molar-refractivity contribution >= 4 is 5.97 Å². The molecule has 0 aromatic carbocycles. The molecular formula is C8H17NO3. The van der Waals surface area contributed by atoms with Crippen LogP contribution in [0.1, 0.15) is 19.8 Å². The van der Waals surface area contributed by atoms with Crippen LogP contribution in [0, 0.1) is 0 Å². The summed E-state index contributed by atoms with van der Waals surface area (Å²) in [5.74, 6) is -0.363. The van der Waals surface area contributed by atoms with Crippen LogP contribution in [0.15, 0.2) is 0 Å². The van der Waals surface area contributed by atoms with Gasteiger partial charge in [0.2, 0.25) is 0 Å². The Morgan fingerprint density at radius 1 is 1.42 bits per heavy atom. The smallest absolute Gasteiger partial charge is 0.322 e. The predicted octanol–water partition coefficient (Wildman–Crippen LogP) is 0.302. The molecule has 4 heteroatoms. The van der Waals surface area contributed by atoms with E-state index in [-0.39, 0.29) is 12.1 Å². The number of ether oxygens (including phenoxy) is 2. The number of hydrogen-bond acceptors (Lipinski definition) is 4. The molecule has 72 valence electrons. The summed E-state index contributed by atoms with van der Waals surface area (Å²) in [6.07, 6.45) is 1.51. The van der Waals surface area contributed by atoms with Crippen LogP contribution in [0.5, 0.6) is 0 Å². The fourth-order valence-electron chi connectivity index (χ4n) is 0.801. The van der Waals surface area contributed by atoms with Crippen molar-refractivity contribution in [1.29, 1.82) is 0 Å². The van der Waals surface area contributed by atoms with Gasteiger partial charge in [-0.2, -0.15) is 0 Å². The highest BCUT2D eigenvalue weighted by molar-refractivity contribution is 5.75. The van der Waals surface area contributed by atoms with E-state index in [4.69, 9.17) is 10.5 Å². The Morgan fingerprint density at radius 3 is 2.42 bits per heavy atom. The first-order valence-corrected chi connectivity index (χ1v) is 3.98. The van der Waals surface area contributed by atoms with Crippen molar-refractivity contribution in [2.24, 2.45) is 5.73 Å². The lowest BCUT2D eigenvalue weighted by atomic mass is 10.1. The van der Waals surface area contributed by atoms with E-state index in [1.165, 1.54) is 7.11 Å². The molecule has 0 amide bonds. The van der Waals surface area contributed by atoms with E-state index in [1.54, 1.807) is 7.11 Å². The van der Waals surface area contributed by atoms with Crippen molar-refractivity contribution in [3.05, 3.63) is 0 Å². The van der Waals surface area contributed by atoms with Gasteiger partial charge in [-0.05, 0) is 19.8 Å². The number of rotatable bonds is 5. The van der Waals surface area contributed by atoms with Crippen LogP contribution in [-0.2, 0) is 14.3 Å². The topological polar surface area (TPSA) is 61.5 Å². The molecule has 0 fully saturated rings. The van der Waals surface area contributed by atoms with E-state index in [2.05, 4.69) is 4.74 Å². The minimum atomic E-state index is -0.521. The van der Waals surface area contributed by atoms with Gasteiger partial charge in [-0.1, -0.05) is 0 Å². The molecule has 0 spiro atoms. The second-order valence-electron chi connectivity index (χ2n) is 2.75. The van der Waals surface area contributed by atoms with Crippen LogP contribution >= 0.6 is 0 Å². The number of carbonyl (C=O) groups is 1. The number of methoxy groups -OCH3 is 2. The Morgan fingerprint density at radius 2 is 2.00 bits per heavy atom. The van der Waals surface area contributed by atoms with E-state index in [0.717, 1.165) is 6.42 Å². The Balaban J connectivity index is 3.56. The van der Waals surface area contributed by atoms with Gasteiger partial charge >= 0.3 is 5.97 Å². The van der Waals surface area contributed by atoms with Gasteiger partial charge in [-0.3, -0.25) is 4.79 Å². The van der Waals surface area contributed by atoms with E-state index < -0.39 is 6.04 Å². The quantitative estimate of drug-likeness (QED) is 0.610. The van der Waals surface area contributed by atoms with Gasteiger partial charge in [0.05, 0.1) is 13.2 Å². The lowest BCUT2D eigenvalue weighted by molar-refractivity contribution is -0.142. The zero-order valence-corrected chi connectivity index (χ0v) is 7.87. The van der Waals surface area contributed by atoms with Crippen LogP contribution in [0.3, 0.4) is 0 Å². The third-order valence-corrected chi connectivity index (χ3v) is 1.79. The first-order chi connectivity index (χ1) is 5.61. The highest BCUT2D eigenvalue weighted by Crippen LogP contribution is 2.03.